The number of amides is 3. The molecule has 7 nitrogen and oxygen atoms in total. The molecular formula is C20H22FN3O4. The lowest BCUT2D eigenvalue weighted by molar-refractivity contribution is -0.123. The molecule has 0 saturated heterocycles. The number of carbonyl (C=O) groups excluding carboxylic acids is 3. The van der Waals surface area contributed by atoms with Crippen LogP contribution in [0, 0.1) is 5.82 Å². The normalized spacial score (nSPS) is 11.3. The van der Waals surface area contributed by atoms with Gasteiger partial charge in [0.15, 0.2) is 0 Å². The van der Waals surface area contributed by atoms with Crippen LogP contribution in [0.15, 0.2) is 54.6 Å². The number of halogens is 1. The van der Waals surface area contributed by atoms with Crippen LogP contribution in [-0.2, 0) is 27.5 Å². The summed E-state index contributed by atoms with van der Waals surface area (Å²) in [5, 5.41) is 4.96. The molecule has 8 heteroatoms. The minimum absolute atomic E-state index is 0.00112. The van der Waals surface area contributed by atoms with Crippen LogP contribution >= 0.6 is 0 Å². The summed E-state index contributed by atoms with van der Waals surface area (Å²) < 4.78 is 18.8. The summed E-state index contributed by atoms with van der Waals surface area (Å²) >= 11 is 0. The molecule has 2 aromatic rings. The van der Waals surface area contributed by atoms with Crippen LogP contribution in [-0.4, -0.2) is 23.9 Å². The van der Waals surface area contributed by atoms with E-state index in [1.807, 2.05) is 18.2 Å². The molecule has 2 aromatic carbocycles. The number of nitrogens with one attached hydrogen (secondary N) is 2. The summed E-state index contributed by atoms with van der Waals surface area (Å²) in [6.45, 7) is -0.0224. The Hall–Kier alpha value is -3.42. The smallest absolute Gasteiger partial charge is 0.408 e. The summed E-state index contributed by atoms with van der Waals surface area (Å²) in [6.07, 6.45) is -0.908. The van der Waals surface area contributed by atoms with E-state index in [1.54, 1.807) is 24.3 Å². The van der Waals surface area contributed by atoms with Gasteiger partial charge in [-0.15, -0.1) is 0 Å². The first-order valence-electron chi connectivity index (χ1n) is 8.72. The maximum absolute atomic E-state index is 13.7. The van der Waals surface area contributed by atoms with Crippen LogP contribution in [0.4, 0.5) is 9.18 Å². The SMILES string of the molecule is NC(=O)CC[C@H](NC(=O)OCc1ccccc1)C(=O)NCc1ccccc1F. The second-order valence-corrected chi connectivity index (χ2v) is 6.07. The Morgan fingerprint density at radius 1 is 1.04 bits per heavy atom. The van der Waals surface area contributed by atoms with Crippen molar-refractivity contribution in [3.8, 4) is 0 Å². The number of benzene rings is 2. The summed E-state index contributed by atoms with van der Waals surface area (Å²) in [5.41, 5.74) is 6.22. The van der Waals surface area contributed by atoms with E-state index in [1.165, 1.54) is 12.1 Å². The summed E-state index contributed by atoms with van der Waals surface area (Å²) in [4.78, 5) is 35.5. The molecule has 0 unspecified atom stereocenters. The van der Waals surface area contributed by atoms with Gasteiger partial charge >= 0.3 is 6.09 Å². The second-order valence-electron chi connectivity index (χ2n) is 6.07. The fraction of sp³-hybridized carbons (Fsp3) is 0.250. The molecule has 0 heterocycles. The third kappa shape index (κ3) is 7.06. The molecule has 0 aliphatic rings. The first-order valence-corrected chi connectivity index (χ1v) is 8.72. The first-order chi connectivity index (χ1) is 13.5. The molecule has 3 amide bonds. The highest BCUT2D eigenvalue weighted by Gasteiger charge is 2.22. The van der Waals surface area contributed by atoms with Crippen molar-refractivity contribution in [3.63, 3.8) is 0 Å². The van der Waals surface area contributed by atoms with E-state index in [4.69, 9.17) is 10.5 Å². The van der Waals surface area contributed by atoms with Crippen molar-refractivity contribution < 1.29 is 23.5 Å². The number of carbonyl (C=O) groups is 3. The number of ether oxygens (including phenoxy) is 1. The molecule has 0 bridgehead atoms. The van der Waals surface area contributed by atoms with E-state index in [0.717, 1.165) is 5.56 Å². The molecule has 2 rings (SSSR count). The van der Waals surface area contributed by atoms with Crippen molar-refractivity contribution in [1.29, 1.82) is 0 Å². The Balaban J connectivity index is 1.91. The van der Waals surface area contributed by atoms with Crippen molar-refractivity contribution in [3.05, 3.63) is 71.5 Å². The van der Waals surface area contributed by atoms with E-state index in [-0.39, 0.29) is 26.0 Å². The fourth-order valence-electron chi connectivity index (χ4n) is 2.41. The van der Waals surface area contributed by atoms with Gasteiger partial charge in [-0.25, -0.2) is 9.18 Å². The standard InChI is InChI=1S/C20H22FN3O4/c21-16-9-5-4-8-15(16)12-23-19(26)17(10-11-18(22)25)24-20(27)28-13-14-6-2-1-3-7-14/h1-9,17H,10-13H2,(H2,22,25)(H,23,26)(H,24,27)/t17-/m0/s1. The molecule has 0 saturated carbocycles. The molecule has 0 aromatic heterocycles. The maximum atomic E-state index is 13.7. The number of nitrogens with two attached hydrogens (primary N) is 1. The number of hydrogen-bond acceptors (Lipinski definition) is 4. The monoisotopic (exact) mass is 387 g/mol. The van der Waals surface area contributed by atoms with Crippen LogP contribution in [0.2, 0.25) is 0 Å². The third-order valence-electron chi connectivity index (χ3n) is 3.91. The second kappa shape index (κ2) is 10.7. The Morgan fingerprint density at radius 2 is 1.71 bits per heavy atom. The fourth-order valence-corrected chi connectivity index (χ4v) is 2.41. The van der Waals surface area contributed by atoms with Gasteiger partial charge < -0.3 is 21.1 Å². The van der Waals surface area contributed by atoms with E-state index < -0.39 is 29.8 Å². The quantitative estimate of drug-likeness (QED) is 0.611. The van der Waals surface area contributed by atoms with Gasteiger partial charge in [0.1, 0.15) is 18.5 Å². The van der Waals surface area contributed by atoms with E-state index in [9.17, 15) is 18.8 Å². The van der Waals surface area contributed by atoms with Gasteiger partial charge in [0.05, 0.1) is 0 Å². The van der Waals surface area contributed by atoms with E-state index in [0.29, 0.717) is 5.56 Å². The Bertz CT molecular complexity index is 814. The van der Waals surface area contributed by atoms with Crippen LogP contribution < -0.4 is 16.4 Å². The van der Waals surface area contributed by atoms with Gasteiger partial charge in [-0.2, -0.15) is 0 Å². The van der Waals surface area contributed by atoms with Gasteiger partial charge in [0.2, 0.25) is 11.8 Å². The van der Waals surface area contributed by atoms with Gasteiger partial charge in [0.25, 0.3) is 0 Å². The Labute approximate surface area is 162 Å². The average molecular weight is 387 g/mol. The minimum atomic E-state index is -1.04. The zero-order chi connectivity index (χ0) is 20.4. The van der Waals surface area contributed by atoms with Crippen molar-refractivity contribution in [1.82, 2.24) is 10.6 Å². The molecule has 0 radical (unpaired) electrons. The highest BCUT2D eigenvalue weighted by atomic mass is 19.1. The molecular weight excluding hydrogens is 365 g/mol. The Kier molecular flexibility index (Phi) is 7.95. The molecule has 0 fully saturated rings. The summed E-state index contributed by atoms with van der Waals surface area (Å²) in [5.74, 6) is -1.63. The molecule has 28 heavy (non-hydrogen) atoms. The number of hydrogen-bond donors (Lipinski definition) is 3. The summed E-state index contributed by atoms with van der Waals surface area (Å²) in [6, 6.07) is 14.0. The first kappa shape index (κ1) is 20.9. The summed E-state index contributed by atoms with van der Waals surface area (Å²) in [7, 11) is 0. The maximum Gasteiger partial charge on any atom is 0.408 e. The third-order valence-corrected chi connectivity index (χ3v) is 3.91. The minimum Gasteiger partial charge on any atom is -0.445 e. The van der Waals surface area contributed by atoms with Crippen LogP contribution in [0.1, 0.15) is 24.0 Å². The van der Waals surface area contributed by atoms with E-state index in [2.05, 4.69) is 10.6 Å². The lowest BCUT2D eigenvalue weighted by Gasteiger charge is -2.18. The average Bonchev–Trinajstić information content (AvgIpc) is 2.69. The van der Waals surface area contributed by atoms with Gasteiger partial charge in [0, 0.05) is 18.5 Å². The predicted molar refractivity (Wildman–Crippen MR) is 100 cm³/mol. The van der Waals surface area contributed by atoms with Crippen LogP contribution in [0.5, 0.6) is 0 Å². The molecule has 4 N–H and O–H groups in total. The van der Waals surface area contributed by atoms with Crippen LogP contribution in [0.3, 0.4) is 0 Å². The highest BCUT2D eigenvalue weighted by molar-refractivity contribution is 5.86. The number of alkyl carbamates (subject to hydrolysis) is 1. The lowest BCUT2D eigenvalue weighted by Crippen LogP contribution is -2.47. The lowest BCUT2D eigenvalue weighted by atomic mass is 10.1. The van der Waals surface area contributed by atoms with Crippen molar-refractivity contribution >= 4 is 17.9 Å². The topological polar surface area (TPSA) is 111 Å². The van der Waals surface area contributed by atoms with Gasteiger partial charge in [-0.05, 0) is 18.1 Å². The van der Waals surface area contributed by atoms with Gasteiger partial charge in [-0.3, -0.25) is 9.59 Å². The molecule has 148 valence electrons. The molecule has 0 aliphatic carbocycles. The van der Waals surface area contributed by atoms with Crippen molar-refractivity contribution in [2.75, 3.05) is 0 Å². The molecule has 0 aliphatic heterocycles. The van der Waals surface area contributed by atoms with Crippen molar-refractivity contribution in [2.24, 2.45) is 5.73 Å². The zero-order valence-electron chi connectivity index (χ0n) is 15.2. The zero-order valence-corrected chi connectivity index (χ0v) is 15.2. The highest BCUT2D eigenvalue weighted by Crippen LogP contribution is 2.07. The van der Waals surface area contributed by atoms with E-state index >= 15 is 0 Å². The van der Waals surface area contributed by atoms with Gasteiger partial charge in [-0.1, -0.05) is 48.5 Å². The number of primary amides is 1. The Morgan fingerprint density at radius 3 is 2.39 bits per heavy atom. The largest absolute Gasteiger partial charge is 0.445 e. The van der Waals surface area contributed by atoms with Crippen molar-refractivity contribution in [2.45, 2.75) is 32.0 Å². The molecule has 0 spiro atoms. The van der Waals surface area contributed by atoms with Crippen LogP contribution in [0.25, 0.3) is 0 Å². The molecule has 1 atom stereocenters. The predicted octanol–water partition coefficient (Wildman–Crippen LogP) is 2.00. The number of rotatable bonds is 9.